The van der Waals surface area contributed by atoms with Gasteiger partial charge in [0.1, 0.15) is 0 Å². The van der Waals surface area contributed by atoms with Gasteiger partial charge >= 0.3 is 6.01 Å². The van der Waals surface area contributed by atoms with Gasteiger partial charge in [0.2, 0.25) is 5.95 Å². The van der Waals surface area contributed by atoms with Gasteiger partial charge in [0.15, 0.2) is 5.16 Å². The van der Waals surface area contributed by atoms with E-state index in [-0.39, 0.29) is 11.4 Å². The van der Waals surface area contributed by atoms with Crippen LogP contribution in [0.15, 0.2) is 5.16 Å². The van der Waals surface area contributed by atoms with Crippen molar-refractivity contribution in [3.05, 3.63) is 0 Å². The Kier molecular flexibility index (Phi) is 6.30. The smallest absolute Gasteiger partial charge is 0.322 e. The van der Waals surface area contributed by atoms with Crippen LogP contribution >= 0.6 is 11.8 Å². The second kappa shape index (κ2) is 7.49. The molecule has 2 unspecified atom stereocenters. The number of aromatic nitrogens is 3. The summed E-state index contributed by atoms with van der Waals surface area (Å²) in [5, 5.41) is 13.1. The molecule has 1 aromatic heterocycles. The second-order valence-corrected chi connectivity index (χ2v) is 5.83. The Balaban J connectivity index is 2.92. The van der Waals surface area contributed by atoms with E-state index in [9.17, 15) is 5.11 Å². The topological polar surface area (TPSA) is 80.2 Å². The van der Waals surface area contributed by atoms with Gasteiger partial charge in [-0.1, -0.05) is 18.7 Å². The molecule has 6 nitrogen and oxygen atoms in total. The van der Waals surface area contributed by atoms with Crippen molar-refractivity contribution in [2.24, 2.45) is 0 Å². The molecule has 0 aliphatic rings. The molecule has 0 amide bonds. The Morgan fingerprint density at radius 3 is 2.42 bits per heavy atom. The summed E-state index contributed by atoms with van der Waals surface area (Å²) >= 11 is 1.40. The van der Waals surface area contributed by atoms with Crippen LogP contribution in [-0.2, 0) is 0 Å². The minimum Gasteiger partial charge on any atom is -0.461 e. The van der Waals surface area contributed by atoms with E-state index < -0.39 is 6.10 Å². The van der Waals surface area contributed by atoms with E-state index >= 15 is 0 Å². The Hall–Kier alpha value is -1.08. The molecule has 0 saturated carbocycles. The summed E-state index contributed by atoms with van der Waals surface area (Å²) in [6, 6.07) is 0.307. The predicted molar refractivity (Wildman–Crippen MR) is 76.8 cm³/mol. The van der Waals surface area contributed by atoms with Crippen LogP contribution in [0.5, 0.6) is 6.01 Å². The van der Waals surface area contributed by atoms with Gasteiger partial charge in [-0.15, -0.1) is 0 Å². The Bertz CT molecular complexity index is 401. The number of nitrogens with one attached hydrogen (secondary N) is 1. The molecule has 1 aromatic rings. The monoisotopic (exact) mass is 286 g/mol. The van der Waals surface area contributed by atoms with Crippen molar-refractivity contribution in [2.45, 2.75) is 57.2 Å². The third-order valence-corrected chi connectivity index (χ3v) is 3.40. The summed E-state index contributed by atoms with van der Waals surface area (Å²) in [5.74, 6) is 0.494. The third-order valence-electron chi connectivity index (χ3n) is 2.24. The van der Waals surface area contributed by atoms with Crippen molar-refractivity contribution in [3.8, 4) is 6.01 Å². The van der Waals surface area contributed by atoms with Crippen LogP contribution in [0.2, 0.25) is 0 Å². The van der Waals surface area contributed by atoms with Gasteiger partial charge in [-0.25, -0.2) is 0 Å². The molecule has 0 fully saturated rings. The SMILES string of the molecule is CCNc1nc(OC(C)C)nc(SC(C)C(C)O)n1. The van der Waals surface area contributed by atoms with E-state index in [2.05, 4.69) is 20.3 Å². The number of aliphatic hydroxyl groups is 1. The first-order valence-corrected chi connectivity index (χ1v) is 7.31. The zero-order valence-electron chi connectivity index (χ0n) is 12.0. The van der Waals surface area contributed by atoms with Gasteiger partial charge < -0.3 is 15.2 Å². The maximum absolute atomic E-state index is 9.53. The molecular weight excluding hydrogens is 264 g/mol. The number of nitrogens with zero attached hydrogens (tertiary/aromatic N) is 3. The zero-order chi connectivity index (χ0) is 14.4. The van der Waals surface area contributed by atoms with E-state index in [0.717, 1.165) is 6.54 Å². The maximum atomic E-state index is 9.53. The van der Waals surface area contributed by atoms with Crippen molar-refractivity contribution in [1.82, 2.24) is 15.0 Å². The molecule has 108 valence electrons. The number of aliphatic hydroxyl groups excluding tert-OH is 1. The third kappa shape index (κ3) is 5.61. The molecule has 0 aliphatic carbocycles. The molecular formula is C12H22N4O2S. The van der Waals surface area contributed by atoms with Gasteiger partial charge in [0, 0.05) is 11.8 Å². The van der Waals surface area contributed by atoms with Crippen LogP contribution in [0.25, 0.3) is 0 Å². The molecule has 1 rings (SSSR count). The number of hydrogen-bond donors (Lipinski definition) is 2. The number of thioether (sulfide) groups is 1. The standard InChI is InChI=1S/C12H22N4O2S/c1-6-13-10-14-11(18-7(2)3)16-12(15-10)19-9(5)8(4)17/h7-9,17H,6H2,1-5H3,(H,13,14,15,16). The van der Waals surface area contributed by atoms with Gasteiger partial charge in [0.05, 0.1) is 12.2 Å². The molecule has 2 N–H and O–H groups in total. The highest BCUT2D eigenvalue weighted by molar-refractivity contribution is 7.99. The Morgan fingerprint density at radius 2 is 1.89 bits per heavy atom. The van der Waals surface area contributed by atoms with Crippen LogP contribution in [-0.4, -0.2) is 44.1 Å². The molecule has 0 aliphatic heterocycles. The van der Waals surface area contributed by atoms with E-state index in [0.29, 0.717) is 17.1 Å². The van der Waals surface area contributed by atoms with Crippen LogP contribution in [0.4, 0.5) is 5.95 Å². The fourth-order valence-electron chi connectivity index (χ4n) is 1.16. The van der Waals surface area contributed by atoms with Gasteiger partial charge in [-0.3, -0.25) is 0 Å². The predicted octanol–water partition coefficient (Wildman–Crippen LogP) is 1.95. The first-order valence-electron chi connectivity index (χ1n) is 6.43. The van der Waals surface area contributed by atoms with Crippen molar-refractivity contribution < 1.29 is 9.84 Å². The molecule has 1 heterocycles. The lowest BCUT2D eigenvalue weighted by atomic mass is 10.3. The summed E-state index contributed by atoms with van der Waals surface area (Å²) in [7, 11) is 0. The van der Waals surface area contributed by atoms with Crippen LogP contribution in [0, 0.1) is 0 Å². The molecule has 0 saturated heterocycles. The van der Waals surface area contributed by atoms with Crippen molar-refractivity contribution in [2.75, 3.05) is 11.9 Å². The number of hydrogen-bond acceptors (Lipinski definition) is 7. The number of anilines is 1. The molecule has 0 bridgehead atoms. The highest BCUT2D eigenvalue weighted by Gasteiger charge is 2.15. The highest BCUT2D eigenvalue weighted by Crippen LogP contribution is 2.24. The fourth-order valence-corrected chi connectivity index (χ4v) is 1.96. The van der Waals surface area contributed by atoms with Crippen LogP contribution in [0.1, 0.15) is 34.6 Å². The lowest BCUT2D eigenvalue weighted by Crippen LogP contribution is -2.17. The number of rotatable bonds is 7. The van der Waals surface area contributed by atoms with Gasteiger partial charge in [-0.05, 0) is 27.7 Å². The van der Waals surface area contributed by atoms with E-state index in [1.54, 1.807) is 6.92 Å². The number of ether oxygens (including phenoxy) is 1. The van der Waals surface area contributed by atoms with E-state index in [1.165, 1.54) is 11.8 Å². The highest BCUT2D eigenvalue weighted by atomic mass is 32.2. The summed E-state index contributed by atoms with van der Waals surface area (Å²) < 4.78 is 5.51. The summed E-state index contributed by atoms with van der Waals surface area (Å²) in [4.78, 5) is 12.7. The van der Waals surface area contributed by atoms with Crippen molar-refractivity contribution in [1.29, 1.82) is 0 Å². The molecule has 19 heavy (non-hydrogen) atoms. The Morgan fingerprint density at radius 1 is 1.21 bits per heavy atom. The minimum absolute atomic E-state index is 0.00350. The average molecular weight is 286 g/mol. The van der Waals surface area contributed by atoms with Gasteiger partial charge in [-0.2, -0.15) is 15.0 Å². The van der Waals surface area contributed by atoms with Crippen molar-refractivity contribution in [3.63, 3.8) is 0 Å². The van der Waals surface area contributed by atoms with E-state index in [4.69, 9.17) is 4.74 Å². The first-order chi connectivity index (χ1) is 8.92. The average Bonchev–Trinajstić information content (AvgIpc) is 2.27. The molecule has 0 spiro atoms. The van der Waals surface area contributed by atoms with Crippen LogP contribution < -0.4 is 10.1 Å². The minimum atomic E-state index is -0.432. The lowest BCUT2D eigenvalue weighted by molar-refractivity contribution is 0.196. The van der Waals surface area contributed by atoms with Gasteiger partial charge in [0.25, 0.3) is 0 Å². The maximum Gasteiger partial charge on any atom is 0.322 e. The molecule has 7 heteroatoms. The lowest BCUT2D eigenvalue weighted by Gasteiger charge is -2.14. The molecule has 2 atom stereocenters. The summed E-state index contributed by atoms with van der Waals surface area (Å²) in [5.41, 5.74) is 0. The quantitative estimate of drug-likeness (QED) is 0.741. The van der Waals surface area contributed by atoms with Crippen LogP contribution in [0.3, 0.4) is 0 Å². The molecule has 0 radical (unpaired) electrons. The van der Waals surface area contributed by atoms with E-state index in [1.807, 2.05) is 27.7 Å². The normalized spacial score (nSPS) is 14.3. The largest absolute Gasteiger partial charge is 0.461 e. The fraction of sp³-hybridized carbons (Fsp3) is 0.750. The van der Waals surface area contributed by atoms with Crippen molar-refractivity contribution >= 4 is 17.7 Å². The molecule has 0 aromatic carbocycles. The summed E-state index contributed by atoms with van der Waals surface area (Å²) in [6.07, 6.45) is -0.428. The second-order valence-electron chi connectivity index (χ2n) is 4.48. The Labute approximate surface area is 118 Å². The first kappa shape index (κ1) is 16.0. The zero-order valence-corrected chi connectivity index (χ0v) is 12.9. The summed E-state index contributed by atoms with van der Waals surface area (Å²) in [6.45, 7) is 10.2.